The minimum atomic E-state index is -0.0822. The summed E-state index contributed by atoms with van der Waals surface area (Å²) in [5.41, 5.74) is 1.70. The Hall–Kier alpha value is -1.28. The van der Waals surface area contributed by atoms with Crippen molar-refractivity contribution in [3.63, 3.8) is 0 Å². The summed E-state index contributed by atoms with van der Waals surface area (Å²) in [4.78, 5) is 16.2. The minimum absolute atomic E-state index is 0. The summed E-state index contributed by atoms with van der Waals surface area (Å²) in [6.45, 7) is 2.47. The number of halogens is 2. The molecule has 0 aliphatic heterocycles. The molecule has 2 rings (SSSR count). The molecule has 5 nitrogen and oxygen atoms in total. The van der Waals surface area contributed by atoms with Crippen molar-refractivity contribution in [2.75, 3.05) is 18.9 Å². The van der Waals surface area contributed by atoms with Crippen LogP contribution in [0.3, 0.4) is 0 Å². The number of carbonyl (C=O) groups is 1. The van der Waals surface area contributed by atoms with Crippen molar-refractivity contribution in [1.82, 2.24) is 10.6 Å². The lowest BCUT2D eigenvalue weighted by molar-refractivity contribution is -0.116. The van der Waals surface area contributed by atoms with Crippen LogP contribution in [0, 0.1) is 6.92 Å². The molecule has 0 unspecified atom stereocenters. The fourth-order valence-corrected chi connectivity index (χ4v) is 2.63. The Morgan fingerprint density at radius 3 is 2.67 bits per heavy atom. The smallest absolute Gasteiger partial charge is 0.226 e. The van der Waals surface area contributed by atoms with Crippen molar-refractivity contribution in [3.05, 3.63) is 40.9 Å². The zero-order chi connectivity index (χ0) is 16.7. The number of carbonyl (C=O) groups excluding carboxylic acids is 1. The van der Waals surface area contributed by atoms with E-state index in [-0.39, 0.29) is 29.9 Å². The first-order valence-corrected chi connectivity index (χ1v) is 8.14. The quantitative estimate of drug-likeness (QED) is 0.272. The lowest BCUT2D eigenvalue weighted by Crippen LogP contribution is -2.43. The standard InChI is InChI=1S/C17H23ClN4O.HI/c1-12-7-8-15(14(18)11-12)22-16(23)9-10-20-17(19-2)21-13-5-3-4-6-13;/h3-4,7-8,11,13H,5-6,9-10H2,1-2H3,(H,22,23)(H2,19,20,21);1H. The SMILES string of the molecule is CN=C(NCCC(=O)Nc1ccc(C)cc1Cl)NC1CC=CC1.I. The number of hydrogen-bond acceptors (Lipinski definition) is 2. The predicted molar refractivity (Wildman–Crippen MR) is 112 cm³/mol. The summed E-state index contributed by atoms with van der Waals surface area (Å²) in [5, 5.41) is 9.86. The van der Waals surface area contributed by atoms with Gasteiger partial charge >= 0.3 is 0 Å². The lowest BCUT2D eigenvalue weighted by atomic mass is 10.2. The first-order chi connectivity index (χ1) is 11.1. The van der Waals surface area contributed by atoms with E-state index < -0.39 is 0 Å². The molecular weight excluding hydrogens is 439 g/mol. The number of aryl methyl sites for hydroxylation is 1. The van der Waals surface area contributed by atoms with Gasteiger partial charge in [0.05, 0.1) is 10.7 Å². The molecule has 0 atom stereocenters. The number of nitrogens with one attached hydrogen (secondary N) is 3. The van der Waals surface area contributed by atoms with Crippen LogP contribution in [0.5, 0.6) is 0 Å². The molecule has 0 bridgehead atoms. The number of benzene rings is 1. The van der Waals surface area contributed by atoms with Gasteiger partial charge in [0.15, 0.2) is 5.96 Å². The minimum Gasteiger partial charge on any atom is -0.356 e. The Kier molecular flexibility index (Phi) is 9.13. The van der Waals surface area contributed by atoms with Gasteiger partial charge in [0, 0.05) is 26.1 Å². The first kappa shape index (κ1) is 20.8. The molecule has 1 aliphatic carbocycles. The van der Waals surface area contributed by atoms with Gasteiger partial charge in [-0.05, 0) is 37.5 Å². The lowest BCUT2D eigenvalue weighted by Gasteiger charge is -2.16. The van der Waals surface area contributed by atoms with Crippen molar-refractivity contribution in [2.45, 2.75) is 32.2 Å². The number of guanidine groups is 1. The van der Waals surface area contributed by atoms with Crippen molar-refractivity contribution in [1.29, 1.82) is 0 Å². The van der Waals surface area contributed by atoms with Gasteiger partial charge in [0.2, 0.25) is 5.91 Å². The highest BCUT2D eigenvalue weighted by Gasteiger charge is 2.12. The summed E-state index contributed by atoms with van der Waals surface area (Å²) < 4.78 is 0. The predicted octanol–water partition coefficient (Wildman–Crippen LogP) is 3.48. The molecule has 1 aliphatic rings. The molecular formula is C17H24ClIN4O. The van der Waals surface area contributed by atoms with E-state index in [4.69, 9.17) is 11.6 Å². The van der Waals surface area contributed by atoms with Gasteiger partial charge in [0.25, 0.3) is 0 Å². The van der Waals surface area contributed by atoms with Gasteiger partial charge < -0.3 is 16.0 Å². The molecule has 0 aromatic heterocycles. The van der Waals surface area contributed by atoms with Crippen molar-refractivity contribution < 1.29 is 4.79 Å². The van der Waals surface area contributed by atoms with Crippen LogP contribution >= 0.6 is 35.6 Å². The molecule has 0 saturated heterocycles. The van der Waals surface area contributed by atoms with E-state index >= 15 is 0 Å². The normalized spacial score (nSPS) is 14.2. The molecule has 7 heteroatoms. The Balaban J connectivity index is 0.00000288. The summed E-state index contributed by atoms with van der Waals surface area (Å²) in [5.74, 6) is 0.640. The average Bonchev–Trinajstić information content (AvgIpc) is 3.02. The van der Waals surface area contributed by atoms with Crippen molar-refractivity contribution in [2.24, 2.45) is 4.99 Å². The summed E-state index contributed by atoms with van der Waals surface area (Å²) in [7, 11) is 1.73. The molecule has 0 radical (unpaired) electrons. The van der Waals surface area contributed by atoms with E-state index in [2.05, 4.69) is 33.1 Å². The van der Waals surface area contributed by atoms with E-state index in [1.165, 1.54) is 0 Å². The van der Waals surface area contributed by atoms with Gasteiger partial charge in [-0.2, -0.15) is 0 Å². The van der Waals surface area contributed by atoms with Crippen LogP contribution in [0.2, 0.25) is 5.02 Å². The summed E-state index contributed by atoms with van der Waals surface area (Å²) in [6.07, 6.45) is 6.67. The summed E-state index contributed by atoms with van der Waals surface area (Å²) >= 11 is 6.11. The van der Waals surface area contributed by atoms with E-state index in [0.717, 1.165) is 24.4 Å². The zero-order valence-electron chi connectivity index (χ0n) is 13.9. The Morgan fingerprint density at radius 1 is 1.33 bits per heavy atom. The first-order valence-electron chi connectivity index (χ1n) is 7.76. The van der Waals surface area contributed by atoms with E-state index in [1.807, 2.05) is 25.1 Å². The molecule has 1 aromatic rings. The molecule has 132 valence electrons. The highest BCUT2D eigenvalue weighted by atomic mass is 127. The van der Waals surface area contributed by atoms with Crippen LogP contribution in [0.15, 0.2) is 35.3 Å². The van der Waals surface area contributed by atoms with Crippen LogP contribution in [0.1, 0.15) is 24.8 Å². The Labute approximate surface area is 165 Å². The average molecular weight is 463 g/mol. The van der Waals surface area contributed by atoms with E-state index in [0.29, 0.717) is 29.7 Å². The van der Waals surface area contributed by atoms with Gasteiger partial charge in [-0.3, -0.25) is 9.79 Å². The molecule has 0 heterocycles. The third-order valence-electron chi connectivity index (χ3n) is 3.62. The van der Waals surface area contributed by atoms with Gasteiger partial charge in [-0.25, -0.2) is 0 Å². The van der Waals surface area contributed by atoms with Crippen LogP contribution in [-0.2, 0) is 4.79 Å². The van der Waals surface area contributed by atoms with Crippen LogP contribution in [0.25, 0.3) is 0 Å². The molecule has 1 amide bonds. The highest BCUT2D eigenvalue weighted by Crippen LogP contribution is 2.22. The van der Waals surface area contributed by atoms with E-state index in [1.54, 1.807) is 7.05 Å². The second-order valence-electron chi connectivity index (χ2n) is 5.56. The molecule has 0 saturated carbocycles. The largest absolute Gasteiger partial charge is 0.356 e. The fraction of sp³-hybridized carbons (Fsp3) is 0.412. The highest BCUT2D eigenvalue weighted by molar-refractivity contribution is 14.0. The number of nitrogens with zero attached hydrogens (tertiary/aromatic N) is 1. The third-order valence-corrected chi connectivity index (χ3v) is 3.93. The third kappa shape index (κ3) is 6.68. The summed E-state index contributed by atoms with van der Waals surface area (Å²) in [6, 6.07) is 5.95. The maximum atomic E-state index is 12.0. The van der Waals surface area contributed by atoms with Crippen LogP contribution in [-0.4, -0.2) is 31.5 Å². The van der Waals surface area contributed by atoms with Crippen LogP contribution in [0.4, 0.5) is 5.69 Å². The van der Waals surface area contributed by atoms with Crippen molar-refractivity contribution in [3.8, 4) is 0 Å². The fourth-order valence-electron chi connectivity index (χ4n) is 2.35. The number of anilines is 1. The van der Waals surface area contributed by atoms with Crippen molar-refractivity contribution >= 4 is 53.1 Å². The molecule has 1 aromatic carbocycles. The second kappa shape index (κ2) is 10.6. The maximum Gasteiger partial charge on any atom is 0.226 e. The number of rotatable bonds is 5. The van der Waals surface area contributed by atoms with E-state index in [9.17, 15) is 4.79 Å². The Bertz CT molecular complexity index is 611. The second-order valence-corrected chi connectivity index (χ2v) is 5.97. The van der Waals surface area contributed by atoms with Gasteiger partial charge in [-0.1, -0.05) is 29.8 Å². The maximum absolute atomic E-state index is 12.0. The molecule has 0 fully saturated rings. The number of aliphatic imine (C=N–C) groups is 1. The molecule has 3 N–H and O–H groups in total. The number of hydrogen-bond donors (Lipinski definition) is 3. The Morgan fingerprint density at radius 2 is 2.04 bits per heavy atom. The zero-order valence-corrected chi connectivity index (χ0v) is 17.0. The topological polar surface area (TPSA) is 65.5 Å². The molecule has 0 spiro atoms. The van der Waals surface area contributed by atoms with Gasteiger partial charge in [0.1, 0.15) is 0 Å². The molecule has 24 heavy (non-hydrogen) atoms. The monoisotopic (exact) mass is 462 g/mol. The van der Waals surface area contributed by atoms with Gasteiger partial charge in [-0.15, -0.1) is 24.0 Å². The number of amides is 1. The van der Waals surface area contributed by atoms with Crippen LogP contribution < -0.4 is 16.0 Å².